The normalized spacial score (nSPS) is 16.0. The molecule has 21 heavy (non-hydrogen) atoms. The van der Waals surface area contributed by atoms with E-state index in [1.54, 1.807) is 0 Å². The third-order valence-electron chi connectivity index (χ3n) is 3.11. The minimum atomic E-state index is -1.60. The van der Waals surface area contributed by atoms with Crippen LogP contribution in [0.15, 0.2) is 6.07 Å². The smallest absolute Gasteiger partial charge is 0.234 e. The van der Waals surface area contributed by atoms with Gasteiger partial charge in [0.15, 0.2) is 23.3 Å². The fourth-order valence-electron chi connectivity index (χ4n) is 2.01. The number of amides is 1. The highest BCUT2D eigenvalue weighted by atomic mass is 32.2. The molecule has 1 amide bonds. The predicted molar refractivity (Wildman–Crippen MR) is 73.3 cm³/mol. The number of hydrogen-bond donors (Lipinski definition) is 2. The van der Waals surface area contributed by atoms with Gasteiger partial charge in [0.1, 0.15) is 5.69 Å². The molecule has 1 aromatic carbocycles. The van der Waals surface area contributed by atoms with Gasteiger partial charge in [0.2, 0.25) is 5.91 Å². The Labute approximate surface area is 123 Å². The zero-order valence-electron chi connectivity index (χ0n) is 11.0. The molecule has 0 unspecified atom stereocenters. The van der Waals surface area contributed by atoms with Gasteiger partial charge in [-0.3, -0.25) is 4.79 Å². The minimum Gasteiger partial charge on any atom is -0.320 e. The van der Waals surface area contributed by atoms with Crippen LogP contribution in [-0.4, -0.2) is 30.0 Å². The number of benzene rings is 1. The van der Waals surface area contributed by atoms with Gasteiger partial charge < -0.3 is 10.6 Å². The number of nitrogens with one attached hydrogen (secondary N) is 2. The van der Waals surface area contributed by atoms with Crippen molar-refractivity contribution in [1.29, 1.82) is 0 Å². The Morgan fingerprint density at radius 2 is 1.76 bits per heavy atom. The summed E-state index contributed by atoms with van der Waals surface area (Å²) in [5, 5.41) is 5.36. The summed E-state index contributed by atoms with van der Waals surface area (Å²) < 4.78 is 52.8. The molecule has 0 radical (unpaired) electrons. The van der Waals surface area contributed by atoms with Crippen LogP contribution in [0.1, 0.15) is 12.8 Å². The van der Waals surface area contributed by atoms with E-state index >= 15 is 0 Å². The lowest BCUT2D eigenvalue weighted by Gasteiger charge is -2.21. The van der Waals surface area contributed by atoms with Crippen molar-refractivity contribution in [3.05, 3.63) is 29.3 Å². The molecule has 116 valence electrons. The van der Waals surface area contributed by atoms with Crippen LogP contribution in [0.4, 0.5) is 23.2 Å². The number of hydrogen-bond acceptors (Lipinski definition) is 3. The summed E-state index contributed by atoms with van der Waals surface area (Å²) in [7, 11) is 0. The molecule has 1 aliphatic heterocycles. The van der Waals surface area contributed by atoms with Crippen molar-refractivity contribution in [2.45, 2.75) is 18.1 Å². The summed E-state index contributed by atoms with van der Waals surface area (Å²) >= 11 is 1.36. The van der Waals surface area contributed by atoms with Crippen molar-refractivity contribution in [3.63, 3.8) is 0 Å². The SMILES string of the molecule is O=C(CSC1CCNCC1)Nc1c(F)c(F)cc(F)c1F. The molecule has 0 bridgehead atoms. The molecule has 0 spiro atoms. The first-order valence-electron chi connectivity index (χ1n) is 6.44. The molecule has 1 heterocycles. The zero-order valence-corrected chi connectivity index (χ0v) is 11.8. The average molecular weight is 322 g/mol. The van der Waals surface area contributed by atoms with Gasteiger partial charge in [0, 0.05) is 11.3 Å². The lowest BCUT2D eigenvalue weighted by Crippen LogP contribution is -2.30. The molecule has 2 rings (SSSR count). The quantitative estimate of drug-likeness (QED) is 0.661. The summed E-state index contributed by atoms with van der Waals surface area (Å²) in [4.78, 5) is 11.7. The molecular weight excluding hydrogens is 308 g/mol. The van der Waals surface area contributed by atoms with Crippen LogP contribution in [0.25, 0.3) is 0 Å². The summed E-state index contributed by atoms with van der Waals surface area (Å²) in [6.45, 7) is 1.72. The molecule has 1 aliphatic rings. The van der Waals surface area contributed by atoms with E-state index in [0.29, 0.717) is 0 Å². The van der Waals surface area contributed by atoms with Gasteiger partial charge in [-0.15, -0.1) is 11.8 Å². The Balaban J connectivity index is 1.96. The highest BCUT2D eigenvalue weighted by Gasteiger charge is 2.21. The average Bonchev–Trinajstić information content (AvgIpc) is 2.48. The summed E-state index contributed by atoms with van der Waals surface area (Å²) in [6, 6.07) is 0.101. The van der Waals surface area contributed by atoms with E-state index in [2.05, 4.69) is 5.32 Å². The number of carbonyl (C=O) groups excluding carboxylic acids is 1. The Morgan fingerprint density at radius 3 is 2.33 bits per heavy atom. The van der Waals surface area contributed by atoms with E-state index in [-0.39, 0.29) is 17.1 Å². The van der Waals surface area contributed by atoms with E-state index in [1.807, 2.05) is 5.32 Å². The third kappa shape index (κ3) is 4.10. The van der Waals surface area contributed by atoms with Crippen LogP contribution in [0.2, 0.25) is 0 Å². The van der Waals surface area contributed by atoms with Gasteiger partial charge in [0.05, 0.1) is 5.75 Å². The zero-order chi connectivity index (χ0) is 15.4. The lowest BCUT2D eigenvalue weighted by molar-refractivity contribution is -0.113. The van der Waals surface area contributed by atoms with Crippen molar-refractivity contribution in [3.8, 4) is 0 Å². The second-order valence-electron chi connectivity index (χ2n) is 4.65. The first-order valence-corrected chi connectivity index (χ1v) is 7.49. The molecule has 0 aromatic heterocycles. The molecule has 0 atom stereocenters. The highest BCUT2D eigenvalue weighted by molar-refractivity contribution is 8.00. The molecule has 1 aromatic rings. The molecule has 8 heteroatoms. The first kappa shape index (κ1) is 16.1. The molecule has 2 N–H and O–H groups in total. The van der Waals surface area contributed by atoms with E-state index in [0.717, 1.165) is 25.9 Å². The van der Waals surface area contributed by atoms with Crippen LogP contribution in [-0.2, 0) is 4.79 Å². The van der Waals surface area contributed by atoms with Crippen molar-refractivity contribution in [1.82, 2.24) is 5.32 Å². The topological polar surface area (TPSA) is 41.1 Å². The Bertz CT molecular complexity index is 509. The van der Waals surface area contributed by atoms with Crippen molar-refractivity contribution in [2.24, 2.45) is 0 Å². The summed E-state index contributed by atoms with van der Waals surface area (Å²) in [5.74, 6) is -7.02. The van der Waals surface area contributed by atoms with Gasteiger partial charge >= 0.3 is 0 Å². The van der Waals surface area contributed by atoms with Crippen LogP contribution in [0.3, 0.4) is 0 Å². The van der Waals surface area contributed by atoms with E-state index in [1.165, 1.54) is 11.8 Å². The minimum absolute atomic E-state index is 0.0261. The molecule has 0 aliphatic carbocycles. The summed E-state index contributed by atoms with van der Waals surface area (Å²) in [5.41, 5.74) is -1.08. The lowest BCUT2D eigenvalue weighted by atomic mass is 10.2. The maximum atomic E-state index is 13.4. The fraction of sp³-hybridized carbons (Fsp3) is 0.462. The van der Waals surface area contributed by atoms with E-state index in [4.69, 9.17) is 0 Å². The van der Waals surface area contributed by atoms with Gasteiger partial charge in [0.25, 0.3) is 0 Å². The van der Waals surface area contributed by atoms with Crippen LogP contribution in [0, 0.1) is 23.3 Å². The second-order valence-corrected chi connectivity index (χ2v) is 5.94. The Kier molecular flexibility index (Phi) is 5.46. The maximum Gasteiger partial charge on any atom is 0.234 e. The number of carbonyl (C=O) groups is 1. The van der Waals surface area contributed by atoms with Gasteiger partial charge in [-0.25, -0.2) is 17.6 Å². The van der Waals surface area contributed by atoms with E-state index in [9.17, 15) is 22.4 Å². The number of rotatable bonds is 4. The van der Waals surface area contributed by atoms with Crippen LogP contribution in [0.5, 0.6) is 0 Å². The predicted octanol–water partition coefficient (Wildman–Crippen LogP) is 2.67. The fourth-order valence-corrected chi connectivity index (χ4v) is 3.04. The van der Waals surface area contributed by atoms with E-state index < -0.39 is 34.9 Å². The number of piperidine rings is 1. The monoisotopic (exact) mass is 322 g/mol. The highest BCUT2D eigenvalue weighted by Crippen LogP contribution is 2.25. The first-order chi connectivity index (χ1) is 9.99. The van der Waals surface area contributed by atoms with Crippen molar-refractivity contribution >= 4 is 23.4 Å². The third-order valence-corrected chi connectivity index (χ3v) is 4.48. The maximum absolute atomic E-state index is 13.4. The van der Waals surface area contributed by atoms with Gasteiger partial charge in [-0.05, 0) is 25.9 Å². The number of halogens is 4. The molecule has 1 saturated heterocycles. The number of thioether (sulfide) groups is 1. The van der Waals surface area contributed by atoms with Gasteiger partial charge in [-0.2, -0.15) is 0 Å². The Morgan fingerprint density at radius 1 is 1.19 bits per heavy atom. The van der Waals surface area contributed by atoms with Crippen molar-refractivity contribution in [2.75, 3.05) is 24.2 Å². The van der Waals surface area contributed by atoms with Crippen molar-refractivity contribution < 1.29 is 22.4 Å². The van der Waals surface area contributed by atoms with Gasteiger partial charge in [-0.1, -0.05) is 0 Å². The molecule has 1 fully saturated rings. The second kappa shape index (κ2) is 7.13. The van der Waals surface area contributed by atoms with Crippen LogP contribution >= 0.6 is 11.8 Å². The summed E-state index contributed by atoms with van der Waals surface area (Å²) in [6.07, 6.45) is 1.80. The molecular formula is C13H14F4N2OS. The molecule has 0 saturated carbocycles. The molecule has 3 nitrogen and oxygen atoms in total. The Hall–Kier alpha value is -1.28. The number of anilines is 1. The standard InChI is InChI=1S/C13H14F4N2OS/c14-8-5-9(15)12(17)13(11(8)16)19-10(20)6-21-7-1-3-18-4-2-7/h5,7,18H,1-4,6H2,(H,19,20). The van der Waals surface area contributed by atoms with Crippen LogP contribution < -0.4 is 10.6 Å². The largest absolute Gasteiger partial charge is 0.320 e.